The Labute approximate surface area is 167 Å². The van der Waals surface area contributed by atoms with Crippen LogP contribution in [0.5, 0.6) is 0 Å². The zero-order valence-electron chi connectivity index (χ0n) is 17.6. The number of rotatable bonds is 13. The molecule has 1 atom stereocenters. The first-order chi connectivity index (χ1) is 13.0. The zero-order chi connectivity index (χ0) is 21.6. The smallest absolute Gasteiger partial charge is 0.407 e. The van der Waals surface area contributed by atoms with Gasteiger partial charge < -0.3 is 26.4 Å². The lowest BCUT2D eigenvalue weighted by atomic mass is 10.1. The number of alkyl carbamates (subject to hydrolysis) is 1. The molecule has 162 valence electrons. The van der Waals surface area contributed by atoms with Gasteiger partial charge in [0.05, 0.1) is 6.42 Å². The highest BCUT2D eigenvalue weighted by Gasteiger charge is 2.22. The second kappa shape index (κ2) is 13.8. The first-order valence-corrected chi connectivity index (χ1v) is 9.87. The normalized spacial score (nSPS) is 12.0. The number of carbonyl (C=O) groups is 4. The van der Waals surface area contributed by atoms with Crippen LogP contribution in [0.3, 0.4) is 0 Å². The van der Waals surface area contributed by atoms with Gasteiger partial charge in [0, 0.05) is 19.5 Å². The molecule has 0 saturated carbocycles. The van der Waals surface area contributed by atoms with E-state index in [0.29, 0.717) is 6.42 Å². The van der Waals surface area contributed by atoms with Crippen molar-refractivity contribution in [1.29, 1.82) is 0 Å². The zero-order valence-corrected chi connectivity index (χ0v) is 17.6. The van der Waals surface area contributed by atoms with Crippen LogP contribution >= 0.6 is 0 Å². The van der Waals surface area contributed by atoms with Gasteiger partial charge in [0.2, 0.25) is 17.7 Å². The van der Waals surface area contributed by atoms with Gasteiger partial charge in [-0.15, -0.1) is 0 Å². The summed E-state index contributed by atoms with van der Waals surface area (Å²) in [6.07, 6.45) is 4.42. The van der Waals surface area contributed by atoms with Crippen molar-refractivity contribution in [2.45, 2.75) is 84.3 Å². The number of primary amides is 1. The van der Waals surface area contributed by atoms with Crippen molar-refractivity contribution in [1.82, 2.24) is 16.0 Å². The SMILES string of the molecule is CCCCCCCC(=O)NC(CC(N)=O)C(=O)NCCNC(=O)OC(C)(C)C. The Hall–Kier alpha value is -2.32. The minimum Gasteiger partial charge on any atom is -0.444 e. The lowest BCUT2D eigenvalue weighted by Crippen LogP contribution is -2.49. The second-order valence-corrected chi connectivity index (χ2v) is 7.67. The predicted octanol–water partition coefficient (Wildman–Crippen LogP) is 1.35. The molecule has 0 rings (SSSR count). The van der Waals surface area contributed by atoms with E-state index in [9.17, 15) is 19.2 Å². The van der Waals surface area contributed by atoms with Crippen LogP contribution in [-0.2, 0) is 19.1 Å². The fraction of sp³-hybridized carbons (Fsp3) is 0.789. The van der Waals surface area contributed by atoms with Crippen LogP contribution < -0.4 is 21.7 Å². The van der Waals surface area contributed by atoms with Gasteiger partial charge in [-0.05, 0) is 27.2 Å². The van der Waals surface area contributed by atoms with Crippen LogP contribution in [0.25, 0.3) is 0 Å². The molecular weight excluding hydrogens is 364 g/mol. The Morgan fingerprint density at radius 3 is 2.14 bits per heavy atom. The summed E-state index contributed by atoms with van der Waals surface area (Å²) in [5.41, 5.74) is 4.56. The number of amides is 4. The average molecular weight is 401 g/mol. The lowest BCUT2D eigenvalue weighted by molar-refractivity contribution is -0.131. The maximum absolute atomic E-state index is 12.2. The molecule has 0 aromatic carbocycles. The van der Waals surface area contributed by atoms with Crippen LogP contribution in [0, 0.1) is 0 Å². The largest absolute Gasteiger partial charge is 0.444 e. The molecule has 0 saturated heterocycles. The van der Waals surface area contributed by atoms with Crippen molar-refractivity contribution in [2.75, 3.05) is 13.1 Å². The summed E-state index contributed by atoms with van der Waals surface area (Å²) < 4.78 is 5.08. The molecule has 0 aliphatic heterocycles. The molecule has 0 aliphatic rings. The number of ether oxygens (including phenoxy) is 1. The van der Waals surface area contributed by atoms with E-state index in [1.165, 1.54) is 0 Å². The summed E-state index contributed by atoms with van der Waals surface area (Å²) in [6.45, 7) is 7.62. The molecule has 1 unspecified atom stereocenters. The van der Waals surface area contributed by atoms with Gasteiger partial charge in [-0.2, -0.15) is 0 Å². The number of hydrogen-bond donors (Lipinski definition) is 4. The number of nitrogens with two attached hydrogens (primary N) is 1. The summed E-state index contributed by atoms with van der Waals surface area (Å²) in [4.78, 5) is 47.0. The molecule has 0 radical (unpaired) electrons. The molecule has 0 spiro atoms. The molecular formula is C19H36N4O5. The highest BCUT2D eigenvalue weighted by Crippen LogP contribution is 2.06. The van der Waals surface area contributed by atoms with Gasteiger partial charge in [0.1, 0.15) is 11.6 Å². The highest BCUT2D eigenvalue weighted by molar-refractivity contribution is 5.91. The van der Waals surface area contributed by atoms with E-state index in [1.54, 1.807) is 20.8 Å². The third-order valence-electron chi connectivity index (χ3n) is 3.66. The molecule has 0 fully saturated rings. The van der Waals surface area contributed by atoms with E-state index in [0.717, 1.165) is 32.1 Å². The Balaban J connectivity index is 4.29. The maximum Gasteiger partial charge on any atom is 0.407 e. The van der Waals surface area contributed by atoms with Crippen molar-refractivity contribution in [3.8, 4) is 0 Å². The van der Waals surface area contributed by atoms with Gasteiger partial charge in [-0.1, -0.05) is 32.6 Å². The van der Waals surface area contributed by atoms with Gasteiger partial charge >= 0.3 is 6.09 Å². The number of nitrogens with one attached hydrogen (secondary N) is 3. The van der Waals surface area contributed by atoms with Gasteiger partial charge in [-0.25, -0.2) is 4.79 Å². The number of hydrogen-bond acceptors (Lipinski definition) is 5. The molecule has 0 aromatic rings. The number of unbranched alkanes of at least 4 members (excludes halogenated alkanes) is 4. The van der Waals surface area contributed by atoms with Crippen LogP contribution in [0.2, 0.25) is 0 Å². The van der Waals surface area contributed by atoms with E-state index in [-0.39, 0.29) is 25.4 Å². The van der Waals surface area contributed by atoms with Crippen molar-refractivity contribution >= 4 is 23.8 Å². The van der Waals surface area contributed by atoms with E-state index in [4.69, 9.17) is 10.5 Å². The highest BCUT2D eigenvalue weighted by atomic mass is 16.6. The van der Waals surface area contributed by atoms with Crippen LogP contribution in [0.15, 0.2) is 0 Å². The van der Waals surface area contributed by atoms with Crippen molar-refractivity contribution in [2.24, 2.45) is 5.73 Å². The third kappa shape index (κ3) is 14.8. The summed E-state index contributed by atoms with van der Waals surface area (Å²) in [6, 6.07) is -1.03. The Morgan fingerprint density at radius 2 is 1.57 bits per heavy atom. The molecule has 0 aliphatic carbocycles. The fourth-order valence-corrected chi connectivity index (χ4v) is 2.35. The minimum absolute atomic E-state index is 0.125. The van der Waals surface area contributed by atoms with Crippen LogP contribution in [0.4, 0.5) is 4.79 Å². The van der Waals surface area contributed by atoms with Crippen molar-refractivity contribution < 1.29 is 23.9 Å². The van der Waals surface area contributed by atoms with Crippen molar-refractivity contribution in [3.63, 3.8) is 0 Å². The van der Waals surface area contributed by atoms with Crippen LogP contribution in [-0.4, -0.2) is 48.5 Å². The van der Waals surface area contributed by atoms with Gasteiger partial charge in [0.25, 0.3) is 0 Å². The summed E-state index contributed by atoms with van der Waals surface area (Å²) in [7, 11) is 0. The minimum atomic E-state index is -1.03. The van der Waals surface area contributed by atoms with E-state index in [2.05, 4.69) is 22.9 Å². The second-order valence-electron chi connectivity index (χ2n) is 7.67. The van der Waals surface area contributed by atoms with E-state index in [1.807, 2.05) is 0 Å². The molecule has 0 bridgehead atoms. The third-order valence-corrected chi connectivity index (χ3v) is 3.66. The number of carbonyl (C=O) groups excluding carboxylic acids is 4. The monoisotopic (exact) mass is 400 g/mol. The van der Waals surface area contributed by atoms with Gasteiger partial charge in [-0.3, -0.25) is 14.4 Å². The fourth-order valence-electron chi connectivity index (χ4n) is 2.35. The first kappa shape index (κ1) is 25.7. The quantitative estimate of drug-likeness (QED) is 0.346. The Morgan fingerprint density at radius 1 is 0.964 bits per heavy atom. The molecule has 5 N–H and O–H groups in total. The Kier molecular flexibility index (Phi) is 12.6. The predicted molar refractivity (Wildman–Crippen MR) is 106 cm³/mol. The van der Waals surface area contributed by atoms with Crippen LogP contribution in [0.1, 0.15) is 72.6 Å². The molecule has 9 nitrogen and oxygen atoms in total. The molecule has 0 aromatic heterocycles. The topological polar surface area (TPSA) is 140 Å². The van der Waals surface area contributed by atoms with E-state index >= 15 is 0 Å². The summed E-state index contributed by atoms with van der Waals surface area (Å²) >= 11 is 0. The summed E-state index contributed by atoms with van der Waals surface area (Å²) in [5.74, 6) is -1.50. The van der Waals surface area contributed by atoms with E-state index < -0.39 is 29.6 Å². The Bertz CT molecular complexity index is 517. The van der Waals surface area contributed by atoms with Crippen molar-refractivity contribution in [3.05, 3.63) is 0 Å². The molecule has 9 heteroatoms. The van der Waals surface area contributed by atoms with Gasteiger partial charge in [0.15, 0.2) is 0 Å². The lowest BCUT2D eigenvalue weighted by Gasteiger charge is -2.20. The summed E-state index contributed by atoms with van der Waals surface area (Å²) in [5, 5.41) is 7.62. The maximum atomic E-state index is 12.2. The molecule has 4 amide bonds. The standard InChI is InChI=1S/C19H36N4O5/c1-5-6-7-8-9-10-16(25)23-14(13-15(20)24)17(26)21-11-12-22-18(27)28-19(2,3)4/h14H,5-13H2,1-4H3,(H2,20,24)(H,21,26)(H,22,27)(H,23,25). The molecule has 28 heavy (non-hydrogen) atoms. The first-order valence-electron chi connectivity index (χ1n) is 9.87. The molecule has 0 heterocycles. The average Bonchev–Trinajstić information content (AvgIpc) is 2.55.